The fourth-order valence-corrected chi connectivity index (χ4v) is 2.43. The van der Waals surface area contributed by atoms with Crippen LogP contribution in [0.15, 0.2) is 29.4 Å². The van der Waals surface area contributed by atoms with Gasteiger partial charge in [0.05, 0.1) is 0 Å². The van der Waals surface area contributed by atoms with E-state index >= 15 is 0 Å². The summed E-state index contributed by atoms with van der Waals surface area (Å²) < 4.78 is 21.4. The molecule has 1 fully saturated rings. The molecule has 9 nitrogen and oxygen atoms in total. The van der Waals surface area contributed by atoms with Gasteiger partial charge in [0.15, 0.2) is 6.10 Å². The molecule has 0 amide bonds. The van der Waals surface area contributed by atoms with E-state index in [1.54, 1.807) is 12.1 Å². The van der Waals surface area contributed by atoms with Gasteiger partial charge in [-0.3, -0.25) is 9.59 Å². The summed E-state index contributed by atoms with van der Waals surface area (Å²) in [6.07, 6.45) is -2.95. The van der Waals surface area contributed by atoms with Gasteiger partial charge in [0.2, 0.25) is 6.29 Å². The number of carbonyl (C=O) groups is 2. The highest BCUT2D eigenvalue weighted by Crippen LogP contribution is 2.29. The number of carbonyl (C=O) groups excluding carboxylic acids is 2. The standard InChI is InChI=1S/C16H19N3O6/c1-9-4-6-12(7-5-9)22-8-13-14(18-19-17)15(23-10(2)20)16(25-13)24-11(3)21/h4-7,13-16H,8H2,1-3H3/t13-,14-,15-,16?/m1/s1. The Hall–Kier alpha value is -2.77. The largest absolute Gasteiger partial charge is 0.491 e. The van der Waals surface area contributed by atoms with Crippen molar-refractivity contribution < 1.29 is 28.5 Å². The summed E-state index contributed by atoms with van der Waals surface area (Å²) in [6.45, 7) is 4.39. The number of ether oxygens (including phenoxy) is 4. The predicted molar refractivity (Wildman–Crippen MR) is 85.6 cm³/mol. The highest BCUT2D eigenvalue weighted by molar-refractivity contribution is 5.67. The van der Waals surface area contributed by atoms with Crippen LogP contribution in [0.3, 0.4) is 0 Å². The van der Waals surface area contributed by atoms with Gasteiger partial charge >= 0.3 is 11.9 Å². The van der Waals surface area contributed by atoms with E-state index in [4.69, 9.17) is 24.5 Å². The van der Waals surface area contributed by atoms with Crippen molar-refractivity contribution in [3.63, 3.8) is 0 Å². The molecule has 2 rings (SSSR count). The van der Waals surface area contributed by atoms with Gasteiger partial charge in [-0.15, -0.1) is 0 Å². The van der Waals surface area contributed by atoms with Gasteiger partial charge in [-0.2, -0.15) is 0 Å². The zero-order chi connectivity index (χ0) is 18.4. The Labute approximate surface area is 144 Å². The van der Waals surface area contributed by atoms with Crippen molar-refractivity contribution in [3.05, 3.63) is 40.3 Å². The number of esters is 2. The molecule has 1 saturated heterocycles. The van der Waals surface area contributed by atoms with Crippen molar-refractivity contribution in [1.29, 1.82) is 0 Å². The Bertz CT molecular complexity index is 671. The minimum Gasteiger partial charge on any atom is -0.491 e. The first-order valence-corrected chi connectivity index (χ1v) is 7.64. The first kappa shape index (κ1) is 18.6. The summed E-state index contributed by atoms with van der Waals surface area (Å²) in [5.74, 6) is -0.611. The number of benzene rings is 1. The molecule has 1 unspecified atom stereocenters. The first-order chi connectivity index (χ1) is 11.9. The molecule has 25 heavy (non-hydrogen) atoms. The second-order valence-corrected chi connectivity index (χ2v) is 5.55. The van der Waals surface area contributed by atoms with Crippen molar-refractivity contribution in [2.45, 2.75) is 45.3 Å². The topological polar surface area (TPSA) is 120 Å². The van der Waals surface area contributed by atoms with E-state index < -0.39 is 36.5 Å². The Morgan fingerprint density at radius 2 is 1.84 bits per heavy atom. The maximum atomic E-state index is 11.3. The number of azide groups is 1. The van der Waals surface area contributed by atoms with E-state index in [1.807, 2.05) is 19.1 Å². The van der Waals surface area contributed by atoms with Gasteiger partial charge < -0.3 is 18.9 Å². The van der Waals surface area contributed by atoms with Crippen molar-refractivity contribution in [1.82, 2.24) is 0 Å². The van der Waals surface area contributed by atoms with Crippen molar-refractivity contribution in [2.75, 3.05) is 6.61 Å². The molecule has 0 saturated carbocycles. The molecule has 0 aromatic heterocycles. The van der Waals surface area contributed by atoms with Crippen LogP contribution in [-0.4, -0.2) is 43.1 Å². The first-order valence-electron chi connectivity index (χ1n) is 7.64. The minimum atomic E-state index is -1.16. The summed E-state index contributed by atoms with van der Waals surface area (Å²) in [5, 5.41) is 3.63. The average Bonchev–Trinajstić information content (AvgIpc) is 2.83. The van der Waals surface area contributed by atoms with E-state index in [-0.39, 0.29) is 6.61 Å². The van der Waals surface area contributed by atoms with Crippen LogP contribution in [0, 0.1) is 6.92 Å². The smallest absolute Gasteiger partial charge is 0.305 e. The Balaban J connectivity index is 2.13. The molecular weight excluding hydrogens is 330 g/mol. The molecule has 0 N–H and O–H groups in total. The summed E-state index contributed by atoms with van der Waals surface area (Å²) in [4.78, 5) is 25.3. The molecule has 4 atom stereocenters. The van der Waals surface area contributed by atoms with Gasteiger partial charge in [0.1, 0.15) is 24.5 Å². The molecule has 1 aliphatic heterocycles. The second kappa shape index (κ2) is 8.36. The molecule has 1 aromatic carbocycles. The normalized spacial score (nSPS) is 24.9. The lowest BCUT2D eigenvalue weighted by Crippen LogP contribution is -2.38. The molecule has 9 heteroatoms. The zero-order valence-corrected chi connectivity index (χ0v) is 14.1. The number of aryl methyl sites for hydroxylation is 1. The lowest BCUT2D eigenvalue weighted by atomic mass is 10.1. The van der Waals surface area contributed by atoms with E-state index in [9.17, 15) is 9.59 Å². The van der Waals surface area contributed by atoms with Crippen LogP contribution >= 0.6 is 0 Å². The van der Waals surface area contributed by atoms with E-state index in [1.165, 1.54) is 13.8 Å². The summed E-state index contributed by atoms with van der Waals surface area (Å²) in [5.41, 5.74) is 9.88. The molecular formula is C16H19N3O6. The number of rotatable bonds is 6. The van der Waals surface area contributed by atoms with Crippen molar-refractivity contribution >= 4 is 11.9 Å². The van der Waals surface area contributed by atoms with Crippen LogP contribution in [0.25, 0.3) is 10.4 Å². The van der Waals surface area contributed by atoms with Crippen LogP contribution in [0.4, 0.5) is 0 Å². The lowest BCUT2D eigenvalue weighted by Gasteiger charge is -2.19. The van der Waals surface area contributed by atoms with E-state index in [0.717, 1.165) is 5.56 Å². The van der Waals surface area contributed by atoms with Crippen LogP contribution in [0.5, 0.6) is 5.75 Å². The minimum absolute atomic E-state index is 0.0300. The maximum absolute atomic E-state index is 11.3. The maximum Gasteiger partial charge on any atom is 0.305 e. The second-order valence-electron chi connectivity index (χ2n) is 5.55. The Kier molecular flexibility index (Phi) is 6.21. The number of hydrogen-bond acceptors (Lipinski definition) is 7. The molecule has 0 radical (unpaired) electrons. The van der Waals surface area contributed by atoms with Gasteiger partial charge in [0, 0.05) is 18.8 Å². The quantitative estimate of drug-likeness (QED) is 0.336. The van der Waals surface area contributed by atoms with Crippen LogP contribution in [0.2, 0.25) is 0 Å². The van der Waals surface area contributed by atoms with Gasteiger partial charge in [-0.1, -0.05) is 22.8 Å². The highest BCUT2D eigenvalue weighted by Gasteiger charge is 2.48. The summed E-state index contributed by atoms with van der Waals surface area (Å²) >= 11 is 0. The third-order valence-electron chi connectivity index (χ3n) is 3.50. The lowest BCUT2D eigenvalue weighted by molar-refractivity contribution is -0.195. The van der Waals surface area contributed by atoms with Crippen molar-refractivity contribution in [3.8, 4) is 5.75 Å². The molecule has 0 bridgehead atoms. The highest BCUT2D eigenvalue weighted by atomic mass is 16.7. The van der Waals surface area contributed by atoms with E-state index in [2.05, 4.69) is 10.0 Å². The van der Waals surface area contributed by atoms with E-state index in [0.29, 0.717) is 5.75 Å². The molecule has 1 aromatic rings. The molecule has 0 aliphatic carbocycles. The number of hydrogen-bond donors (Lipinski definition) is 0. The van der Waals surface area contributed by atoms with Gasteiger partial charge in [0.25, 0.3) is 0 Å². The monoisotopic (exact) mass is 349 g/mol. The van der Waals surface area contributed by atoms with Crippen LogP contribution in [0.1, 0.15) is 19.4 Å². The molecule has 1 heterocycles. The zero-order valence-electron chi connectivity index (χ0n) is 14.1. The average molecular weight is 349 g/mol. The summed E-state index contributed by atoms with van der Waals surface area (Å²) in [6, 6.07) is 6.47. The summed E-state index contributed by atoms with van der Waals surface area (Å²) in [7, 11) is 0. The fraction of sp³-hybridized carbons (Fsp3) is 0.500. The third-order valence-corrected chi connectivity index (χ3v) is 3.50. The Morgan fingerprint density at radius 3 is 2.40 bits per heavy atom. The Morgan fingerprint density at radius 1 is 1.20 bits per heavy atom. The van der Waals surface area contributed by atoms with Crippen LogP contribution < -0.4 is 4.74 Å². The SMILES string of the molecule is CC(=O)OC1O[C@H](COc2ccc(C)cc2)[C@@H](N=[N+]=[N-])[C@H]1OC(C)=O. The predicted octanol–water partition coefficient (Wildman–Crippen LogP) is 2.27. The third kappa shape index (κ3) is 5.10. The molecule has 1 aliphatic rings. The fourth-order valence-electron chi connectivity index (χ4n) is 2.43. The van der Waals surface area contributed by atoms with Gasteiger partial charge in [-0.25, -0.2) is 0 Å². The van der Waals surface area contributed by atoms with Gasteiger partial charge in [-0.05, 0) is 24.6 Å². The van der Waals surface area contributed by atoms with Crippen molar-refractivity contribution in [2.24, 2.45) is 5.11 Å². The number of nitrogens with zero attached hydrogens (tertiary/aromatic N) is 3. The molecule has 0 spiro atoms. The molecule has 134 valence electrons. The van der Waals surface area contributed by atoms with Crippen LogP contribution in [-0.2, 0) is 23.8 Å².